The Hall–Kier alpha value is -4.82. The topological polar surface area (TPSA) is 8.17 Å². The number of rotatable bonds is 4. The summed E-state index contributed by atoms with van der Waals surface area (Å²) in [4.78, 5) is 2.25. The summed E-state index contributed by atoms with van der Waals surface area (Å²) in [6, 6.07) is 50.1. The van der Waals surface area contributed by atoms with Gasteiger partial charge >= 0.3 is 0 Å². The summed E-state index contributed by atoms with van der Waals surface area (Å²) < 4.78 is 2.38. The summed E-state index contributed by atoms with van der Waals surface area (Å²) in [7, 11) is 2.13. The van der Waals surface area contributed by atoms with Crippen LogP contribution in [0.2, 0.25) is 0 Å². The maximum absolute atomic E-state index is 2.38. The van der Waals surface area contributed by atoms with E-state index in [0.29, 0.717) is 0 Å². The number of anilines is 2. The summed E-state index contributed by atoms with van der Waals surface area (Å²) in [6.45, 7) is 0. The van der Waals surface area contributed by atoms with E-state index < -0.39 is 0 Å². The molecule has 176 valence electrons. The third-order valence-corrected chi connectivity index (χ3v) is 7.39. The van der Waals surface area contributed by atoms with Crippen molar-refractivity contribution in [3.63, 3.8) is 0 Å². The molecular formula is C35H26N2. The van der Waals surface area contributed by atoms with Crippen molar-refractivity contribution in [3.8, 4) is 16.8 Å². The molecule has 2 heteroatoms. The lowest BCUT2D eigenvalue weighted by Crippen LogP contribution is -2.08. The van der Waals surface area contributed by atoms with Crippen molar-refractivity contribution in [1.29, 1.82) is 0 Å². The minimum atomic E-state index is 1.17. The standard InChI is InChI=1S/C35H26N2/c1-36(27-13-4-2-5-14-27)29-20-22-35-33(24-29)32-23-26(31-18-10-12-25-11-8-9-17-30(25)31)19-21-34(32)37(35)28-15-6-3-7-16-28/h2-24H,1H3. The number of hydrogen-bond donors (Lipinski definition) is 0. The van der Waals surface area contributed by atoms with E-state index in [1.54, 1.807) is 0 Å². The van der Waals surface area contributed by atoms with Gasteiger partial charge in [-0.15, -0.1) is 0 Å². The van der Waals surface area contributed by atoms with E-state index in [1.165, 1.54) is 60.8 Å². The van der Waals surface area contributed by atoms with Gasteiger partial charge in [0, 0.05) is 34.9 Å². The van der Waals surface area contributed by atoms with Gasteiger partial charge in [-0.2, -0.15) is 0 Å². The van der Waals surface area contributed by atoms with Crippen LogP contribution in [0.25, 0.3) is 49.4 Å². The fourth-order valence-corrected chi connectivity index (χ4v) is 5.52. The number of fused-ring (bicyclic) bond motifs is 4. The molecule has 0 N–H and O–H groups in total. The SMILES string of the molecule is CN(c1ccccc1)c1ccc2c(c1)c1cc(-c3cccc4ccccc34)ccc1n2-c1ccccc1. The predicted molar refractivity (Wildman–Crippen MR) is 158 cm³/mol. The van der Waals surface area contributed by atoms with Gasteiger partial charge < -0.3 is 9.47 Å². The fraction of sp³-hybridized carbons (Fsp3) is 0.0286. The first-order valence-corrected chi connectivity index (χ1v) is 12.7. The summed E-state index contributed by atoms with van der Waals surface area (Å²) in [5, 5.41) is 5.05. The lowest BCUT2D eigenvalue weighted by atomic mass is 9.97. The van der Waals surface area contributed by atoms with Crippen LogP contribution >= 0.6 is 0 Å². The van der Waals surface area contributed by atoms with Crippen LogP contribution in [0.5, 0.6) is 0 Å². The third-order valence-electron chi connectivity index (χ3n) is 7.39. The molecule has 0 spiro atoms. The van der Waals surface area contributed by atoms with Gasteiger partial charge in [-0.1, -0.05) is 84.9 Å². The van der Waals surface area contributed by atoms with Gasteiger partial charge in [0.1, 0.15) is 0 Å². The van der Waals surface area contributed by atoms with Crippen LogP contribution in [0.4, 0.5) is 11.4 Å². The van der Waals surface area contributed by atoms with Crippen molar-refractivity contribution in [2.45, 2.75) is 0 Å². The molecule has 0 atom stereocenters. The summed E-state index contributed by atoms with van der Waals surface area (Å²) in [5.74, 6) is 0. The molecule has 0 saturated heterocycles. The van der Waals surface area contributed by atoms with Gasteiger partial charge in [-0.05, 0) is 76.5 Å². The lowest BCUT2D eigenvalue weighted by Gasteiger charge is -2.19. The molecule has 1 aromatic heterocycles. The average Bonchev–Trinajstić information content (AvgIpc) is 3.30. The molecule has 0 saturated carbocycles. The molecule has 2 nitrogen and oxygen atoms in total. The molecule has 0 aliphatic heterocycles. The molecule has 6 aromatic carbocycles. The third kappa shape index (κ3) is 3.57. The Bertz CT molecular complexity index is 1880. The summed E-state index contributed by atoms with van der Waals surface area (Å²) >= 11 is 0. The zero-order chi connectivity index (χ0) is 24.8. The molecular weight excluding hydrogens is 448 g/mol. The van der Waals surface area contributed by atoms with Crippen molar-refractivity contribution in [1.82, 2.24) is 4.57 Å². The van der Waals surface area contributed by atoms with Crippen molar-refractivity contribution in [2.24, 2.45) is 0 Å². The normalized spacial score (nSPS) is 11.4. The van der Waals surface area contributed by atoms with Gasteiger partial charge in [0.25, 0.3) is 0 Å². The van der Waals surface area contributed by atoms with Crippen LogP contribution < -0.4 is 4.90 Å². The summed E-state index contributed by atoms with van der Waals surface area (Å²) in [6.07, 6.45) is 0. The Morgan fingerprint density at radius 3 is 1.95 bits per heavy atom. The van der Waals surface area contributed by atoms with E-state index in [2.05, 4.69) is 156 Å². The first-order chi connectivity index (χ1) is 18.3. The highest BCUT2D eigenvalue weighted by molar-refractivity contribution is 6.12. The van der Waals surface area contributed by atoms with Crippen LogP contribution in [0.1, 0.15) is 0 Å². The lowest BCUT2D eigenvalue weighted by molar-refractivity contribution is 1.17. The minimum Gasteiger partial charge on any atom is -0.345 e. The minimum absolute atomic E-state index is 1.17. The van der Waals surface area contributed by atoms with Gasteiger partial charge in [-0.25, -0.2) is 0 Å². The van der Waals surface area contributed by atoms with Crippen LogP contribution in [0.3, 0.4) is 0 Å². The zero-order valence-corrected chi connectivity index (χ0v) is 20.7. The van der Waals surface area contributed by atoms with Crippen molar-refractivity contribution in [2.75, 3.05) is 11.9 Å². The van der Waals surface area contributed by atoms with Crippen LogP contribution in [0.15, 0.2) is 140 Å². The Morgan fingerprint density at radius 1 is 0.486 bits per heavy atom. The largest absolute Gasteiger partial charge is 0.345 e. The fourth-order valence-electron chi connectivity index (χ4n) is 5.52. The van der Waals surface area contributed by atoms with E-state index in [0.717, 1.165) is 0 Å². The first kappa shape index (κ1) is 21.5. The maximum atomic E-state index is 2.38. The highest BCUT2D eigenvalue weighted by Crippen LogP contribution is 2.38. The predicted octanol–water partition coefficient (Wildman–Crippen LogP) is 9.37. The first-order valence-electron chi connectivity index (χ1n) is 12.7. The second-order valence-electron chi connectivity index (χ2n) is 9.53. The quantitative estimate of drug-likeness (QED) is 0.247. The van der Waals surface area contributed by atoms with E-state index in [1.807, 2.05) is 0 Å². The molecule has 37 heavy (non-hydrogen) atoms. The van der Waals surface area contributed by atoms with Crippen LogP contribution in [-0.4, -0.2) is 11.6 Å². The summed E-state index contributed by atoms with van der Waals surface area (Å²) in [5.41, 5.74) is 8.43. The number of para-hydroxylation sites is 2. The van der Waals surface area contributed by atoms with Crippen molar-refractivity contribution >= 4 is 44.0 Å². The second-order valence-corrected chi connectivity index (χ2v) is 9.53. The second kappa shape index (κ2) is 8.69. The molecule has 0 aliphatic carbocycles. The van der Waals surface area contributed by atoms with Gasteiger partial charge in [0.05, 0.1) is 11.0 Å². The van der Waals surface area contributed by atoms with E-state index in [4.69, 9.17) is 0 Å². The van der Waals surface area contributed by atoms with E-state index in [-0.39, 0.29) is 0 Å². The molecule has 0 bridgehead atoms. The molecule has 0 fully saturated rings. The number of hydrogen-bond acceptors (Lipinski definition) is 1. The smallest absolute Gasteiger partial charge is 0.0542 e. The van der Waals surface area contributed by atoms with Crippen molar-refractivity contribution in [3.05, 3.63) is 140 Å². The van der Waals surface area contributed by atoms with Gasteiger partial charge in [0.15, 0.2) is 0 Å². The van der Waals surface area contributed by atoms with E-state index >= 15 is 0 Å². The van der Waals surface area contributed by atoms with Gasteiger partial charge in [0.2, 0.25) is 0 Å². The molecule has 0 amide bonds. The molecule has 0 unspecified atom stereocenters. The molecule has 1 heterocycles. The van der Waals surface area contributed by atoms with Crippen LogP contribution in [0, 0.1) is 0 Å². The Labute approximate surface area is 216 Å². The van der Waals surface area contributed by atoms with Gasteiger partial charge in [-0.3, -0.25) is 0 Å². The molecule has 0 radical (unpaired) electrons. The molecule has 7 aromatic rings. The monoisotopic (exact) mass is 474 g/mol. The van der Waals surface area contributed by atoms with Crippen LogP contribution in [-0.2, 0) is 0 Å². The number of benzene rings is 6. The van der Waals surface area contributed by atoms with E-state index in [9.17, 15) is 0 Å². The zero-order valence-electron chi connectivity index (χ0n) is 20.7. The highest BCUT2D eigenvalue weighted by Gasteiger charge is 2.16. The average molecular weight is 475 g/mol. The highest BCUT2D eigenvalue weighted by atomic mass is 15.1. The molecule has 0 aliphatic rings. The Morgan fingerprint density at radius 2 is 1.14 bits per heavy atom. The van der Waals surface area contributed by atoms with Crippen molar-refractivity contribution < 1.29 is 0 Å². The maximum Gasteiger partial charge on any atom is 0.0542 e. The molecule has 7 rings (SSSR count). The Balaban J connectivity index is 1.50. The number of nitrogens with zero attached hydrogens (tertiary/aromatic N) is 2. The Kier molecular flexibility index (Phi) is 5.04. The number of aromatic nitrogens is 1.